The van der Waals surface area contributed by atoms with Gasteiger partial charge in [-0.25, -0.2) is 8.42 Å². The first-order valence-corrected chi connectivity index (χ1v) is 8.09. The molecular weight excluding hydrogens is 300 g/mol. The Bertz CT molecular complexity index is 594. The zero-order valence-electron chi connectivity index (χ0n) is 12.1. The van der Waals surface area contributed by atoms with Gasteiger partial charge in [-0.2, -0.15) is 4.31 Å². The fourth-order valence-corrected chi connectivity index (χ4v) is 4.00. The van der Waals surface area contributed by atoms with Gasteiger partial charge in [0.2, 0.25) is 10.0 Å². The maximum absolute atomic E-state index is 12.6. The molecule has 0 atom stereocenters. The second-order valence-corrected chi connectivity index (χ2v) is 7.70. The van der Waals surface area contributed by atoms with E-state index in [0.717, 1.165) is 5.56 Å². The highest BCUT2D eigenvalue weighted by molar-refractivity contribution is 7.89. The zero-order valence-corrected chi connectivity index (χ0v) is 13.7. The van der Waals surface area contributed by atoms with Gasteiger partial charge in [0.15, 0.2) is 0 Å². The summed E-state index contributed by atoms with van der Waals surface area (Å²) in [5, 5.41) is 9.96. The van der Waals surface area contributed by atoms with Gasteiger partial charge in [0.05, 0.1) is 10.6 Å². The molecule has 3 N–H and O–H groups in total. The van der Waals surface area contributed by atoms with Crippen molar-refractivity contribution in [3.05, 3.63) is 22.7 Å². The minimum Gasteiger partial charge on any atom is -0.398 e. The van der Waals surface area contributed by atoms with Gasteiger partial charge in [-0.3, -0.25) is 0 Å². The van der Waals surface area contributed by atoms with Crippen LogP contribution in [0.5, 0.6) is 0 Å². The van der Waals surface area contributed by atoms with E-state index in [4.69, 9.17) is 17.3 Å². The van der Waals surface area contributed by atoms with Crippen LogP contribution in [0.15, 0.2) is 17.0 Å². The molecule has 0 saturated heterocycles. The molecule has 0 amide bonds. The number of likely N-dealkylation sites (N-methyl/N-ethyl adjacent to an activating group) is 1. The minimum atomic E-state index is -3.79. The maximum Gasteiger partial charge on any atom is 0.244 e. The van der Waals surface area contributed by atoms with Gasteiger partial charge in [0.1, 0.15) is 4.90 Å². The third-order valence-corrected chi connectivity index (χ3v) is 5.24. The van der Waals surface area contributed by atoms with Crippen LogP contribution in [0.25, 0.3) is 0 Å². The minimum absolute atomic E-state index is 0.0179. The second kappa shape index (κ2) is 5.89. The highest BCUT2D eigenvalue weighted by Gasteiger charge is 2.30. The monoisotopic (exact) mass is 320 g/mol. The lowest BCUT2D eigenvalue weighted by Crippen LogP contribution is -2.42. The van der Waals surface area contributed by atoms with Crippen molar-refractivity contribution in [3.8, 4) is 0 Å². The van der Waals surface area contributed by atoms with Gasteiger partial charge in [-0.1, -0.05) is 18.5 Å². The molecular formula is C13H21ClN2O3S. The Balaban J connectivity index is 3.31. The van der Waals surface area contributed by atoms with Crippen LogP contribution < -0.4 is 5.73 Å². The second-order valence-electron chi connectivity index (χ2n) is 5.38. The summed E-state index contributed by atoms with van der Waals surface area (Å²) in [6.45, 7) is 6.78. The number of hydrogen-bond donors (Lipinski definition) is 2. The van der Waals surface area contributed by atoms with E-state index in [2.05, 4.69) is 0 Å². The molecule has 0 saturated carbocycles. The van der Waals surface area contributed by atoms with Crippen LogP contribution in [0.3, 0.4) is 0 Å². The molecule has 0 aliphatic rings. The third-order valence-electron chi connectivity index (χ3n) is 2.85. The molecule has 0 unspecified atom stereocenters. The van der Waals surface area contributed by atoms with E-state index in [-0.39, 0.29) is 23.0 Å². The third kappa shape index (κ3) is 3.85. The number of benzene rings is 1. The van der Waals surface area contributed by atoms with Crippen molar-refractivity contribution in [1.82, 2.24) is 4.31 Å². The van der Waals surface area contributed by atoms with Crippen LogP contribution in [0.4, 0.5) is 5.69 Å². The summed E-state index contributed by atoms with van der Waals surface area (Å²) in [5.41, 5.74) is 5.72. The number of nitrogen functional groups attached to an aromatic ring is 1. The normalized spacial score (nSPS) is 12.9. The van der Waals surface area contributed by atoms with E-state index >= 15 is 0 Å². The van der Waals surface area contributed by atoms with E-state index in [0.29, 0.717) is 5.69 Å². The highest BCUT2D eigenvalue weighted by Crippen LogP contribution is 2.29. The first kappa shape index (κ1) is 17.2. The number of nitrogens with two attached hydrogens (primary N) is 1. The molecule has 20 heavy (non-hydrogen) atoms. The molecule has 1 rings (SSSR count). The standard InChI is InChI=1S/C13H21ClN2O3S/c1-5-16(8-13(3,4)17)20(18,19)12-7-11(15)9(2)6-10(12)14/h6-7,17H,5,8,15H2,1-4H3. The predicted octanol–water partition coefficient (Wildman–Crippen LogP) is 2.01. The van der Waals surface area contributed by atoms with Crippen LogP contribution in [0, 0.1) is 6.92 Å². The SMILES string of the molecule is CCN(CC(C)(C)O)S(=O)(=O)c1cc(N)c(C)cc1Cl. The van der Waals surface area contributed by atoms with Crippen molar-refractivity contribution < 1.29 is 13.5 Å². The van der Waals surface area contributed by atoms with Crippen molar-refractivity contribution in [2.75, 3.05) is 18.8 Å². The van der Waals surface area contributed by atoms with E-state index in [9.17, 15) is 13.5 Å². The smallest absolute Gasteiger partial charge is 0.244 e. The number of nitrogens with zero attached hydrogens (tertiary/aromatic N) is 1. The highest BCUT2D eigenvalue weighted by atomic mass is 35.5. The first-order valence-electron chi connectivity index (χ1n) is 6.27. The Morgan fingerprint density at radius 3 is 2.40 bits per heavy atom. The first-order chi connectivity index (χ1) is 8.99. The average molecular weight is 321 g/mol. The summed E-state index contributed by atoms with van der Waals surface area (Å²) in [4.78, 5) is -0.0339. The molecule has 0 aromatic heterocycles. The van der Waals surface area contributed by atoms with Gasteiger partial charge in [-0.15, -0.1) is 0 Å². The van der Waals surface area contributed by atoms with Gasteiger partial charge in [0.25, 0.3) is 0 Å². The Kier molecular flexibility index (Phi) is 5.08. The maximum atomic E-state index is 12.6. The molecule has 114 valence electrons. The lowest BCUT2D eigenvalue weighted by Gasteiger charge is -2.27. The van der Waals surface area contributed by atoms with Gasteiger partial charge < -0.3 is 10.8 Å². The van der Waals surface area contributed by atoms with Crippen LogP contribution in [-0.4, -0.2) is 36.5 Å². The van der Waals surface area contributed by atoms with Crippen molar-refractivity contribution in [2.24, 2.45) is 0 Å². The van der Waals surface area contributed by atoms with E-state index in [1.54, 1.807) is 27.7 Å². The summed E-state index contributed by atoms with van der Waals surface area (Å²) < 4.78 is 26.4. The van der Waals surface area contributed by atoms with Gasteiger partial charge in [0, 0.05) is 18.8 Å². The summed E-state index contributed by atoms with van der Waals surface area (Å²) >= 11 is 6.03. The lowest BCUT2D eigenvalue weighted by molar-refractivity contribution is 0.0601. The number of halogens is 1. The van der Waals surface area contributed by atoms with Crippen LogP contribution in [0.2, 0.25) is 5.02 Å². The number of rotatable bonds is 5. The molecule has 7 heteroatoms. The predicted molar refractivity (Wildman–Crippen MR) is 81.3 cm³/mol. The largest absolute Gasteiger partial charge is 0.398 e. The zero-order chi connectivity index (χ0) is 15.7. The molecule has 0 spiro atoms. The molecule has 0 aliphatic heterocycles. The molecule has 0 fully saturated rings. The van der Waals surface area contributed by atoms with E-state index < -0.39 is 15.6 Å². The molecule has 0 radical (unpaired) electrons. The quantitative estimate of drug-likeness (QED) is 0.813. The number of hydrogen-bond acceptors (Lipinski definition) is 4. The summed E-state index contributed by atoms with van der Waals surface area (Å²) in [6, 6.07) is 2.89. The summed E-state index contributed by atoms with van der Waals surface area (Å²) in [7, 11) is -3.79. The Labute approximate surface area is 125 Å². The van der Waals surface area contributed by atoms with Crippen molar-refractivity contribution in [2.45, 2.75) is 38.2 Å². The molecule has 0 aliphatic carbocycles. The Morgan fingerprint density at radius 2 is 1.95 bits per heavy atom. The van der Waals surface area contributed by atoms with E-state index in [1.165, 1.54) is 16.4 Å². The van der Waals surface area contributed by atoms with Crippen molar-refractivity contribution >= 4 is 27.3 Å². The van der Waals surface area contributed by atoms with Gasteiger partial charge >= 0.3 is 0 Å². The van der Waals surface area contributed by atoms with Gasteiger partial charge in [-0.05, 0) is 38.5 Å². The number of anilines is 1. The Hall–Kier alpha value is -0.820. The average Bonchev–Trinajstić information content (AvgIpc) is 2.29. The molecule has 5 nitrogen and oxygen atoms in total. The number of sulfonamides is 1. The van der Waals surface area contributed by atoms with Crippen LogP contribution in [0.1, 0.15) is 26.3 Å². The topological polar surface area (TPSA) is 83.6 Å². The van der Waals surface area contributed by atoms with Crippen molar-refractivity contribution in [3.63, 3.8) is 0 Å². The number of aryl methyl sites for hydroxylation is 1. The molecule has 0 bridgehead atoms. The molecule has 1 aromatic carbocycles. The van der Waals surface area contributed by atoms with Crippen LogP contribution >= 0.6 is 11.6 Å². The fourth-order valence-electron chi connectivity index (χ4n) is 1.80. The van der Waals surface area contributed by atoms with Crippen LogP contribution in [-0.2, 0) is 10.0 Å². The summed E-state index contributed by atoms with van der Waals surface area (Å²) in [6.07, 6.45) is 0. The molecule has 0 heterocycles. The van der Waals surface area contributed by atoms with E-state index in [1.807, 2.05) is 0 Å². The Morgan fingerprint density at radius 1 is 1.40 bits per heavy atom. The lowest BCUT2D eigenvalue weighted by atomic mass is 10.1. The summed E-state index contributed by atoms with van der Waals surface area (Å²) in [5.74, 6) is 0. The van der Waals surface area contributed by atoms with Crippen molar-refractivity contribution in [1.29, 1.82) is 0 Å². The number of aliphatic hydroxyl groups is 1. The fraction of sp³-hybridized carbons (Fsp3) is 0.538. The molecule has 1 aromatic rings.